The van der Waals surface area contributed by atoms with Crippen molar-refractivity contribution in [1.82, 2.24) is 0 Å². The Morgan fingerprint density at radius 1 is 0.449 bits per heavy atom. The standard InChI is InChI=1S/C64H55BN2O2/c1-38-28-55-61-56(29-38)67(46-31-41(59-33-39-16-10-14-20-57(39)68-59)30-42(32-46)60-34-40-17-11-15-21-58(40)69-60)54-37-50-48(47-18-12-13-19-49(47)64(50,8)9)36-52(54)65(61)51-35-44(63(5,6)7)24-27-53(51)66(55)45-25-22-43(23-26-45)62(2,3)4/h10-37H,1-9H3. The van der Waals surface area contributed by atoms with Crippen molar-refractivity contribution in [2.75, 3.05) is 9.80 Å². The van der Waals surface area contributed by atoms with Gasteiger partial charge < -0.3 is 18.6 Å². The van der Waals surface area contributed by atoms with Crippen molar-refractivity contribution in [1.29, 1.82) is 0 Å². The van der Waals surface area contributed by atoms with E-state index in [1.807, 2.05) is 12.1 Å². The third-order valence-corrected chi connectivity index (χ3v) is 15.4. The Balaban J connectivity index is 1.13. The predicted octanol–water partition coefficient (Wildman–Crippen LogP) is 15.8. The lowest BCUT2D eigenvalue weighted by Crippen LogP contribution is -2.61. The van der Waals surface area contributed by atoms with Gasteiger partial charge in [-0.2, -0.15) is 0 Å². The fourth-order valence-corrected chi connectivity index (χ4v) is 11.7. The number of rotatable bonds is 4. The second-order valence-corrected chi connectivity index (χ2v) is 22.3. The van der Waals surface area contributed by atoms with Crippen LogP contribution in [0, 0.1) is 6.92 Å². The van der Waals surface area contributed by atoms with E-state index in [0.29, 0.717) is 0 Å². The minimum Gasteiger partial charge on any atom is -0.456 e. The molecule has 4 nitrogen and oxygen atoms in total. The van der Waals surface area contributed by atoms with Crippen LogP contribution in [0.1, 0.15) is 83.2 Å². The van der Waals surface area contributed by atoms with Crippen LogP contribution in [0.5, 0.6) is 0 Å². The van der Waals surface area contributed by atoms with Gasteiger partial charge in [0.1, 0.15) is 22.7 Å². The molecule has 0 spiro atoms. The minimum atomic E-state index is -0.208. The summed E-state index contributed by atoms with van der Waals surface area (Å²) in [5.74, 6) is 1.63. The number of para-hydroxylation sites is 2. The second kappa shape index (κ2) is 14.5. The summed E-state index contributed by atoms with van der Waals surface area (Å²) in [5.41, 5.74) is 23.6. The summed E-state index contributed by atoms with van der Waals surface area (Å²) in [6.45, 7) is 20.9. The van der Waals surface area contributed by atoms with Crippen LogP contribution < -0.4 is 26.2 Å². The highest BCUT2D eigenvalue weighted by Crippen LogP contribution is 2.53. The van der Waals surface area contributed by atoms with E-state index in [-0.39, 0.29) is 23.0 Å². The van der Waals surface area contributed by atoms with E-state index in [9.17, 15) is 0 Å². The summed E-state index contributed by atoms with van der Waals surface area (Å²) in [7, 11) is 0. The van der Waals surface area contributed by atoms with Crippen molar-refractivity contribution >= 4 is 79.2 Å². The first-order chi connectivity index (χ1) is 33.1. The Morgan fingerprint density at radius 2 is 1.00 bits per heavy atom. The average molecular weight is 895 g/mol. The largest absolute Gasteiger partial charge is 0.456 e. The van der Waals surface area contributed by atoms with Crippen molar-refractivity contribution in [3.8, 4) is 33.8 Å². The molecule has 0 saturated carbocycles. The van der Waals surface area contributed by atoms with Gasteiger partial charge in [-0.25, -0.2) is 0 Å². The Kier molecular flexibility index (Phi) is 8.76. The second-order valence-electron chi connectivity index (χ2n) is 22.3. The van der Waals surface area contributed by atoms with E-state index in [0.717, 1.165) is 56.0 Å². The van der Waals surface area contributed by atoms with E-state index in [1.54, 1.807) is 0 Å². The summed E-state index contributed by atoms with van der Waals surface area (Å²) < 4.78 is 13.4. The van der Waals surface area contributed by atoms with Crippen molar-refractivity contribution in [3.63, 3.8) is 0 Å². The highest BCUT2D eigenvalue weighted by atomic mass is 16.3. The Hall–Kier alpha value is -7.50. The zero-order valence-electron chi connectivity index (χ0n) is 41.0. The monoisotopic (exact) mass is 894 g/mol. The molecule has 0 fully saturated rings. The maximum Gasteiger partial charge on any atom is 0.252 e. The SMILES string of the molecule is Cc1cc2c3c(c1)N(c1cc(-c4cc5ccccc5o4)cc(-c4cc5ccccc5o4)c1)c1cc4c(cc1B3c1cc(C(C)(C)C)ccc1N2c1ccc(C(C)(C)C)cc1)-c1ccccc1C4(C)C. The average Bonchev–Trinajstić information content (AvgIpc) is 4.03. The van der Waals surface area contributed by atoms with E-state index in [2.05, 4.69) is 230 Å². The molecular weight excluding hydrogens is 840 g/mol. The normalized spacial score (nSPS) is 14.5. The van der Waals surface area contributed by atoms with Crippen molar-refractivity contribution in [2.24, 2.45) is 0 Å². The summed E-state index contributed by atoms with van der Waals surface area (Å²) >= 11 is 0. The number of benzene rings is 8. The Labute approximate surface area is 405 Å². The van der Waals surface area contributed by atoms with Crippen molar-refractivity contribution in [2.45, 2.75) is 78.6 Å². The minimum absolute atomic E-state index is 0.0311. The molecule has 0 atom stereocenters. The number of fused-ring (bicyclic) bond motifs is 9. The van der Waals surface area contributed by atoms with Gasteiger partial charge in [0.05, 0.1) is 0 Å². The zero-order chi connectivity index (χ0) is 47.3. The lowest BCUT2D eigenvalue weighted by molar-refractivity contribution is 0.590. The molecule has 336 valence electrons. The molecule has 69 heavy (non-hydrogen) atoms. The molecule has 0 unspecified atom stereocenters. The fourth-order valence-electron chi connectivity index (χ4n) is 11.7. The van der Waals surface area contributed by atoms with E-state index >= 15 is 0 Å². The molecule has 4 heterocycles. The topological polar surface area (TPSA) is 32.8 Å². The molecule has 1 aliphatic carbocycles. The molecule has 2 aliphatic heterocycles. The lowest BCUT2D eigenvalue weighted by Gasteiger charge is -2.45. The van der Waals surface area contributed by atoms with Crippen LogP contribution in [0.2, 0.25) is 0 Å². The first-order valence-corrected chi connectivity index (χ1v) is 24.5. The van der Waals surface area contributed by atoms with Gasteiger partial charge in [0.2, 0.25) is 0 Å². The molecule has 0 N–H and O–H groups in total. The van der Waals surface area contributed by atoms with Crippen LogP contribution in [0.25, 0.3) is 55.7 Å². The molecule has 5 heteroatoms. The molecule has 13 rings (SSSR count). The number of hydrogen-bond donors (Lipinski definition) is 0. The molecule has 3 aliphatic rings. The fraction of sp³-hybridized carbons (Fsp3) is 0.188. The molecule has 2 aromatic heterocycles. The maximum atomic E-state index is 6.70. The highest BCUT2D eigenvalue weighted by Gasteiger charge is 2.46. The lowest BCUT2D eigenvalue weighted by atomic mass is 9.33. The van der Waals surface area contributed by atoms with Gasteiger partial charge in [0.25, 0.3) is 6.71 Å². The zero-order valence-corrected chi connectivity index (χ0v) is 41.0. The van der Waals surface area contributed by atoms with Gasteiger partial charge >= 0.3 is 0 Å². The number of nitrogens with zero attached hydrogens (tertiary/aromatic N) is 2. The highest BCUT2D eigenvalue weighted by molar-refractivity contribution is 7.00. The summed E-state index contributed by atoms with van der Waals surface area (Å²) in [5, 5.41) is 2.15. The van der Waals surface area contributed by atoms with Crippen LogP contribution in [0.3, 0.4) is 0 Å². The van der Waals surface area contributed by atoms with E-state index < -0.39 is 0 Å². The van der Waals surface area contributed by atoms with Crippen LogP contribution in [0.4, 0.5) is 34.1 Å². The molecule has 8 aromatic carbocycles. The van der Waals surface area contributed by atoms with E-state index in [1.165, 1.54) is 78.1 Å². The van der Waals surface area contributed by atoms with Crippen LogP contribution in [0.15, 0.2) is 179 Å². The Bertz CT molecular complexity index is 3600. The van der Waals surface area contributed by atoms with Gasteiger partial charge in [-0.1, -0.05) is 146 Å². The molecule has 0 saturated heterocycles. The van der Waals surface area contributed by atoms with E-state index in [4.69, 9.17) is 8.83 Å². The first kappa shape index (κ1) is 41.7. The van der Waals surface area contributed by atoms with Gasteiger partial charge in [0, 0.05) is 61.4 Å². The molecule has 0 radical (unpaired) electrons. The number of hydrogen-bond acceptors (Lipinski definition) is 4. The maximum absolute atomic E-state index is 6.70. The quantitative estimate of drug-likeness (QED) is 0.165. The van der Waals surface area contributed by atoms with Gasteiger partial charge in [0.15, 0.2) is 0 Å². The number of aryl methyl sites for hydroxylation is 1. The van der Waals surface area contributed by atoms with Crippen molar-refractivity contribution < 1.29 is 8.83 Å². The first-order valence-electron chi connectivity index (χ1n) is 24.5. The molecule has 10 aromatic rings. The van der Waals surface area contributed by atoms with Gasteiger partial charge in [-0.05, 0) is 152 Å². The van der Waals surface area contributed by atoms with Gasteiger partial charge in [-0.3, -0.25) is 0 Å². The number of anilines is 6. The molecule has 0 bridgehead atoms. The summed E-state index contributed by atoms with van der Waals surface area (Å²) in [6, 6.07) is 63.4. The van der Waals surface area contributed by atoms with Crippen LogP contribution in [-0.2, 0) is 16.2 Å². The number of furan rings is 2. The Morgan fingerprint density at radius 3 is 1.61 bits per heavy atom. The summed E-state index contributed by atoms with van der Waals surface area (Å²) in [4.78, 5) is 5.10. The smallest absolute Gasteiger partial charge is 0.252 e. The predicted molar refractivity (Wildman–Crippen MR) is 291 cm³/mol. The molecular formula is C64H55BN2O2. The third kappa shape index (κ3) is 6.36. The third-order valence-electron chi connectivity index (χ3n) is 15.4. The van der Waals surface area contributed by atoms with Crippen LogP contribution in [-0.4, -0.2) is 6.71 Å². The summed E-state index contributed by atoms with van der Waals surface area (Å²) in [6.07, 6.45) is 0. The molecule has 0 amide bonds. The van der Waals surface area contributed by atoms with Crippen molar-refractivity contribution in [3.05, 3.63) is 198 Å². The van der Waals surface area contributed by atoms with Crippen LogP contribution >= 0.6 is 0 Å². The van der Waals surface area contributed by atoms with Gasteiger partial charge in [-0.15, -0.1) is 0 Å².